The molecule has 1 N–H and O–H groups in total. The number of fused-ring (bicyclic) bond motifs is 1. The molecule has 94 valence electrons. The molecule has 0 aromatic carbocycles. The fourth-order valence-electron chi connectivity index (χ4n) is 2.32. The van der Waals surface area contributed by atoms with Crippen LogP contribution in [0.3, 0.4) is 0 Å². The molecule has 0 saturated heterocycles. The van der Waals surface area contributed by atoms with E-state index in [1.54, 1.807) is 0 Å². The van der Waals surface area contributed by atoms with Crippen molar-refractivity contribution in [2.24, 2.45) is 5.92 Å². The van der Waals surface area contributed by atoms with Crippen molar-refractivity contribution in [2.45, 2.75) is 18.8 Å². The summed E-state index contributed by atoms with van der Waals surface area (Å²) in [6.07, 6.45) is 4.24. The fraction of sp³-hybridized carbons (Fsp3) is 0.455. The molecule has 1 fully saturated rings. The highest BCUT2D eigenvalue weighted by molar-refractivity contribution is 5.73. The number of imidazole rings is 1. The van der Waals surface area contributed by atoms with Crippen LogP contribution in [0.15, 0.2) is 17.3 Å². The summed E-state index contributed by atoms with van der Waals surface area (Å²) in [5.74, 6) is 0.648. The maximum absolute atomic E-state index is 11.5. The zero-order valence-electron chi connectivity index (χ0n) is 9.79. The maximum Gasteiger partial charge on any atom is 0.308 e. The summed E-state index contributed by atoms with van der Waals surface area (Å²) in [5.41, 5.74) is 0.210. The molecule has 0 unspecified atom stereocenters. The van der Waals surface area contributed by atoms with Crippen molar-refractivity contribution >= 4 is 11.5 Å². The van der Waals surface area contributed by atoms with E-state index in [9.17, 15) is 9.59 Å². The molecule has 1 aliphatic rings. The Morgan fingerprint density at radius 3 is 3.06 bits per heavy atom. The van der Waals surface area contributed by atoms with Gasteiger partial charge in [-0.15, -0.1) is 0 Å². The molecule has 7 heteroatoms. The Bertz CT molecular complexity index is 654. The van der Waals surface area contributed by atoms with E-state index in [-0.39, 0.29) is 23.4 Å². The summed E-state index contributed by atoms with van der Waals surface area (Å²) in [6.45, 7) is 0. The fourth-order valence-corrected chi connectivity index (χ4v) is 2.32. The van der Waals surface area contributed by atoms with Gasteiger partial charge in [-0.1, -0.05) is 0 Å². The number of nitrogens with zero attached hydrogens (tertiary/aromatic N) is 3. The molecule has 0 radical (unpaired) electrons. The van der Waals surface area contributed by atoms with Gasteiger partial charge in [-0.2, -0.15) is 5.10 Å². The van der Waals surface area contributed by atoms with Gasteiger partial charge in [0.25, 0.3) is 5.56 Å². The lowest BCUT2D eigenvalue weighted by Crippen LogP contribution is -2.31. The molecule has 0 aliphatic heterocycles. The second-order valence-corrected chi connectivity index (χ2v) is 4.42. The molecule has 7 nitrogen and oxygen atoms in total. The van der Waals surface area contributed by atoms with E-state index in [1.165, 1.54) is 24.1 Å². The molecule has 2 aromatic rings. The minimum Gasteiger partial charge on any atom is -0.469 e. The van der Waals surface area contributed by atoms with E-state index in [0.717, 1.165) is 5.82 Å². The first-order valence-electron chi connectivity index (χ1n) is 5.70. The number of nitrogens with one attached hydrogen (secondary N) is 1. The third kappa shape index (κ3) is 1.51. The average molecular weight is 248 g/mol. The summed E-state index contributed by atoms with van der Waals surface area (Å²) in [7, 11) is 1.39. The van der Waals surface area contributed by atoms with Gasteiger partial charge in [0.2, 0.25) is 0 Å². The van der Waals surface area contributed by atoms with Crippen molar-refractivity contribution in [3.05, 3.63) is 28.7 Å². The lowest BCUT2D eigenvalue weighted by atomic mass is 9.74. The number of carbonyl (C=O) groups is 1. The first-order chi connectivity index (χ1) is 8.70. The largest absolute Gasteiger partial charge is 0.469 e. The first kappa shape index (κ1) is 10.9. The van der Waals surface area contributed by atoms with Crippen molar-refractivity contribution in [3.8, 4) is 0 Å². The van der Waals surface area contributed by atoms with Crippen LogP contribution in [0.1, 0.15) is 24.6 Å². The molecule has 0 amide bonds. The monoisotopic (exact) mass is 248 g/mol. The van der Waals surface area contributed by atoms with Crippen molar-refractivity contribution < 1.29 is 9.53 Å². The number of carbonyl (C=O) groups excluding carboxylic acids is 1. The Labute approximate surface area is 102 Å². The highest BCUT2D eigenvalue weighted by Gasteiger charge is 2.38. The van der Waals surface area contributed by atoms with E-state index >= 15 is 0 Å². The number of aromatic nitrogens is 4. The van der Waals surface area contributed by atoms with Crippen LogP contribution in [0.2, 0.25) is 0 Å². The number of rotatable bonds is 2. The Balaban J connectivity index is 1.87. The molecule has 2 heterocycles. The van der Waals surface area contributed by atoms with Gasteiger partial charge >= 0.3 is 5.97 Å². The van der Waals surface area contributed by atoms with Crippen molar-refractivity contribution in [3.63, 3.8) is 0 Å². The number of esters is 1. The molecule has 0 spiro atoms. The lowest BCUT2D eigenvalue weighted by Gasteiger charge is -2.31. The lowest BCUT2D eigenvalue weighted by molar-refractivity contribution is -0.149. The van der Waals surface area contributed by atoms with Crippen molar-refractivity contribution in [1.29, 1.82) is 0 Å². The van der Waals surface area contributed by atoms with Gasteiger partial charge in [-0.25, -0.2) is 9.50 Å². The zero-order chi connectivity index (χ0) is 12.7. The number of ether oxygens (including phenoxy) is 1. The quantitative estimate of drug-likeness (QED) is 0.760. The van der Waals surface area contributed by atoms with Crippen LogP contribution in [0, 0.1) is 5.92 Å². The van der Waals surface area contributed by atoms with E-state index in [2.05, 4.69) is 19.8 Å². The van der Waals surface area contributed by atoms with Crippen LogP contribution in [0.4, 0.5) is 0 Å². The summed E-state index contributed by atoms with van der Waals surface area (Å²) in [6, 6.07) is 0. The van der Waals surface area contributed by atoms with Gasteiger partial charge in [0.05, 0.1) is 19.2 Å². The molecule has 1 aliphatic carbocycles. The third-order valence-electron chi connectivity index (χ3n) is 3.40. The summed E-state index contributed by atoms with van der Waals surface area (Å²) in [5, 5.41) is 4.08. The molecular formula is C11H12N4O3. The van der Waals surface area contributed by atoms with E-state index < -0.39 is 0 Å². The Morgan fingerprint density at radius 1 is 1.56 bits per heavy atom. The van der Waals surface area contributed by atoms with Crippen molar-refractivity contribution in [1.82, 2.24) is 19.6 Å². The number of H-pyrrole nitrogens is 1. The number of aromatic amines is 1. The minimum atomic E-state index is -0.215. The van der Waals surface area contributed by atoms with Crippen LogP contribution in [0.25, 0.3) is 5.52 Å². The Morgan fingerprint density at radius 2 is 2.33 bits per heavy atom. The summed E-state index contributed by atoms with van der Waals surface area (Å²) >= 11 is 0. The minimum absolute atomic E-state index is 0.0608. The molecule has 0 bridgehead atoms. The number of hydrogen-bond donors (Lipinski definition) is 1. The standard InChI is InChI=1S/C11H12N4O3/c1-18-11(17)7-2-6(3-7)9-12-4-8-10(16)13-5-14-15(8)9/h4-7H,2-3H2,1H3,(H,13,14,16). The molecule has 3 rings (SSSR count). The molecule has 1 saturated carbocycles. The maximum atomic E-state index is 11.5. The smallest absolute Gasteiger partial charge is 0.308 e. The van der Waals surface area contributed by atoms with Crippen LogP contribution in [-0.2, 0) is 9.53 Å². The van der Waals surface area contributed by atoms with Gasteiger partial charge in [0.15, 0.2) is 5.52 Å². The highest BCUT2D eigenvalue weighted by Crippen LogP contribution is 2.41. The normalized spacial score (nSPS) is 22.7. The van der Waals surface area contributed by atoms with Crippen LogP contribution in [0.5, 0.6) is 0 Å². The van der Waals surface area contributed by atoms with Crippen LogP contribution >= 0.6 is 0 Å². The van der Waals surface area contributed by atoms with Crippen LogP contribution in [-0.4, -0.2) is 32.7 Å². The molecule has 0 atom stereocenters. The number of methoxy groups -OCH3 is 1. The van der Waals surface area contributed by atoms with Gasteiger partial charge in [0.1, 0.15) is 12.2 Å². The van der Waals surface area contributed by atoms with Crippen molar-refractivity contribution in [2.75, 3.05) is 7.11 Å². The number of hydrogen-bond acceptors (Lipinski definition) is 5. The Kier molecular flexibility index (Phi) is 2.39. The predicted molar refractivity (Wildman–Crippen MR) is 61.1 cm³/mol. The third-order valence-corrected chi connectivity index (χ3v) is 3.40. The van der Waals surface area contributed by atoms with E-state index in [4.69, 9.17) is 0 Å². The average Bonchev–Trinajstić information content (AvgIpc) is 2.72. The second-order valence-electron chi connectivity index (χ2n) is 4.42. The molecule has 2 aromatic heterocycles. The summed E-state index contributed by atoms with van der Waals surface area (Å²) < 4.78 is 6.23. The van der Waals surface area contributed by atoms with Crippen LogP contribution < -0.4 is 5.56 Å². The van der Waals surface area contributed by atoms with E-state index in [1.807, 2.05) is 0 Å². The van der Waals surface area contributed by atoms with Gasteiger partial charge in [-0.05, 0) is 12.8 Å². The van der Waals surface area contributed by atoms with Gasteiger partial charge in [-0.3, -0.25) is 9.59 Å². The van der Waals surface area contributed by atoms with E-state index in [0.29, 0.717) is 18.4 Å². The Hall–Kier alpha value is -2.18. The van der Waals surface area contributed by atoms with Gasteiger partial charge in [0, 0.05) is 5.92 Å². The molecule has 18 heavy (non-hydrogen) atoms. The first-order valence-corrected chi connectivity index (χ1v) is 5.70. The predicted octanol–water partition coefficient (Wildman–Crippen LogP) is 0.0842. The van der Waals surface area contributed by atoms with Gasteiger partial charge < -0.3 is 9.72 Å². The summed E-state index contributed by atoms with van der Waals surface area (Å²) in [4.78, 5) is 29.5. The molecular weight excluding hydrogens is 236 g/mol. The zero-order valence-corrected chi connectivity index (χ0v) is 9.79. The SMILES string of the molecule is COC(=O)C1CC(c2ncc3c(=O)[nH]cnn23)C1. The second kappa shape index (κ2) is 3.94. The highest BCUT2D eigenvalue weighted by atomic mass is 16.5. The topological polar surface area (TPSA) is 89.3 Å².